The van der Waals surface area contributed by atoms with Crippen LogP contribution in [-0.2, 0) is 9.53 Å². The van der Waals surface area contributed by atoms with Crippen molar-refractivity contribution < 1.29 is 28.5 Å². The normalized spacial score (nSPS) is 12.4. The van der Waals surface area contributed by atoms with Gasteiger partial charge in [0.1, 0.15) is 13.2 Å². The molecular weight excluding hydrogens is 394 g/mol. The Labute approximate surface area is 163 Å². The minimum absolute atomic E-state index is 0.135. The van der Waals surface area contributed by atoms with Crippen LogP contribution < -0.4 is 19.5 Å². The molecule has 0 saturated carbocycles. The third-order valence-corrected chi connectivity index (χ3v) is 5.28. The molecule has 0 radical (unpaired) electrons. The zero-order chi connectivity index (χ0) is 19.2. The van der Waals surface area contributed by atoms with Gasteiger partial charge in [0.2, 0.25) is 10.9 Å². The fraction of sp³-hybridized carbons (Fsp3) is 0.375. The van der Waals surface area contributed by atoms with Crippen LogP contribution in [0.3, 0.4) is 0 Å². The summed E-state index contributed by atoms with van der Waals surface area (Å²) in [6.07, 6.45) is 0. The number of carbonyl (C=O) groups is 2. The SMILES string of the molecule is CCOC(=O)CSc1nnc(NC(=O)c2cc(OC)c3c(c2)OCCO3)s1. The monoisotopic (exact) mass is 411 g/mol. The summed E-state index contributed by atoms with van der Waals surface area (Å²) in [6, 6.07) is 3.16. The number of carbonyl (C=O) groups excluding carboxylic acids is 2. The smallest absolute Gasteiger partial charge is 0.316 e. The van der Waals surface area contributed by atoms with Crippen LogP contribution in [0.15, 0.2) is 16.5 Å². The summed E-state index contributed by atoms with van der Waals surface area (Å²) in [6.45, 7) is 2.90. The van der Waals surface area contributed by atoms with Crippen molar-refractivity contribution in [1.29, 1.82) is 0 Å². The fourth-order valence-electron chi connectivity index (χ4n) is 2.22. The number of fused-ring (bicyclic) bond motifs is 1. The second-order valence-corrected chi connectivity index (χ2v) is 7.32. The van der Waals surface area contributed by atoms with Crippen LogP contribution in [0.1, 0.15) is 17.3 Å². The predicted octanol–water partition coefficient (Wildman–Crippen LogP) is 2.23. The quantitative estimate of drug-likeness (QED) is 0.417. The number of ether oxygens (including phenoxy) is 4. The number of amides is 1. The Morgan fingerprint density at radius 2 is 2.11 bits per heavy atom. The zero-order valence-electron chi connectivity index (χ0n) is 14.6. The Hall–Kier alpha value is -2.53. The van der Waals surface area contributed by atoms with E-state index in [9.17, 15) is 9.59 Å². The van der Waals surface area contributed by atoms with E-state index in [4.69, 9.17) is 18.9 Å². The maximum Gasteiger partial charge on any atom is 0.316 e. The Bertz CT molecular complexity index is 824. The van der Waals surface area contributed by atoms with Gasteiger partial charge >= 0.3 is 5.97 Å². The van der Waals surface area contributed by atoms with Crippen molar-refractivity contribution in [2.45, 2.75) is 11.3 Å². The molecule has 1 aliphatic heterocycles. The van der Waals surface area contributed by atoms with Crippen molar-refractivity contribution in [3.8, 4) is 17.2 Å². The van der Waals surface area contributed by atoms with E-state index in [1.165, 1.54) is 30.2 Å². The zero-order valence-corrected chi connectivity index (χ0v) is 16.3. The van der Waals surface area contributed by atoms with E-state index in [2.05, 4.69) is 15.5 Å². The predicted molar refractivity (Wildman–Crippen MR) is 99.2 cm³/mol. The second kappa shape index (κ2) is 8.91. The van der Waals surface area contributed by atoms with Crippen LogP contribution in [0.5, 0.6) is 17.2 Å². The van der Waals surface area contributed by atoms with Gasteiger partial charge in [-0.3, -0.25) is 14.9 Å². The molecule has 3 rings (SSSR count). The first kappa shape index (κ1) is 19.2. The number of hydrogen-bond donors (Lipinski definition) is 1. The summed E-state index contributed by atoms with van der Waals surface area (Å²) in [5.41, 5.74) is 0.340. The fourth-order valence-corrected chi connectivity index (χ4v) is 3.76. The van der Waals surface area contributed by atoms with Crippen LogP contribution in [0, 0.1) is 0 Å². The number of methoxy groups -OCH3 is 1. The Balaban J connectivity index is 1.66. The lowest BCUT2D eigenvalue weighted by molar-refractivity contribution is -0.139. The Morgan fingerprint density at radius 3 is 2.89 bits per heavy atom. The number of nitrogens with one attached hydrogen (secondary N) is 1. The van der Waals surface area contributed by atoms with Crippen LogP contribution in [0.4, 0.5) is 5.13 Å². The maximum absolute atomic E-state index is 12.5. The summed E-state index contributed by atoms with van der Waals surface area (Å²) in [5, 5.41) is 10.8. The number of benzene rings is 1. The molecule has 0 unspecified atom stereocenters. The van der Waals surface area contributed by atoms with Crippen molar-refractivity contribution in [3.63, 3.8) is 0 Å². The van der Waals surface area contributed by atoms with Crippen molar-refractivity contribution >= 4 is 40.1 Å². The van der Waals surface area contributed by atoms with Gasteiger partial charge in [0.05, 0.1) is 19.5 Å². The van der Waals surface area contributed by atoms with Gasteiger partial charge in [0, 0.05) is 5.56 Å². The van der Waals surface area contributed by atoms with E-state index >= 15 is 0 Å². The molecule has 2 heterocycles. The molecule has 0 fully saturated rings. The molecule has 0 aliphatic carbocycles. The molecule has 1 aliphatic rings. The Kier molecular flexibility index (Phi) is 6.35. The van der Waals surface area contributed by atoms with Gasteiger partial charge in [-0.25, -0.2) is 0 Å². The first-order valence-corrected chi connectivity index (χ1v) is 9.81. The highest BCUT2D eigenvalue weighted by atomic mass is 32.2. The summed E-state index contributed by atoms with van der Waals surface area (Å²) in [4.78, 5) is 23.9. The van der Waals surface area contributed by atoms with Crippen LogP contribution in [0.25, 0.3) is 0 Å². The molecule has 144 valence electrons. The standard InChI is InChI=1S/C16H17N3O6S2/c1-3-23-12(20)8-26-16-19-18-15(27-16)17-14(21)9-6-10(22-2)13-11(7-9)24-4-5-25-13/h6-7H,3-5,8H2,1-2H3,(H,17,18,21). The minimum atomic E-state index is -0.386. The number of esters is 1. The number of aromatic nitrogens is 2. The van der Waals surface area contributed by atoms with Gasteiger partial charge in [-0.05, 0) is 19.1 Å². The average molecular weight is 411 g/mol. The summed E-state index contributed by atoms with van der Waals surface area (Å²) in [5.74, 6) is 0.772. The highest BCUT2D eigenvalue weighted by molar-refractivity contribution is 8.01. The molecule has 1 aromatic heterocycles. The third kappa shape index (κ3) is 4.80. The lowest BCUT2D eigenvalue weighted by Crippen LogP contribution is -2.18. The highest BCUT2D eigenvalue weighted by Crippen LogP contribution is 2.40. The average Bonchev–Trinajstić information content (AvgIpc) is 3.13. The van der Waals surface area contributed by atoms with Crippen LogP contribution >= 0.6 is 23.1 Å². The lowest BCUT2D eigenvalue weighted by Gasteiger charge is -2.21. The van der Waals surface area contributed by atoms with E-state index in [0.29, 0.717) is 52.1 Å². The molecule has 1 N–H and O–H groups in total. The largest absolute Gasteiger partial charge is 0.493 e. The van der Waals surface area contributed by atoms with Gasteiger partial charge < -0.3 is 18.9 Å². The summed E-state index contributed by atoms with van der Waals surface area (Å²) < 4.78 is 21.7. The molecule has 0 bridgehead atoms. The van der Waals surface area contributed by atoms with Crippen LogP contribution in [-0.4, -0.2) is 54.8 Å². The molecule has 9 nitrogen and oxygen atoms in total. The summed E-state index contributed by atoms with van der Waals surface area (Å²) in [7, 11) is 1.49. The highest BCUT2D eigenvalue weighted by Gasteiger charge is 2.21. The third-order valence-electron chi connectivity index (χ3n) is 3.34. The van der Waals surface area contributed by atoms with Gasteiger partial charge in [0.25, 0.3) is 5.91 Å². The molecule has 11 heteroatoms. The summed E-state index contributed by atoms with van der Waals surface area (Å²) >= 11 is 2.37. The molecule has 0 saturated heterocycles. The molecule has 0 spiro atoms. The van der Waals surface area contributed by atoms with Gasteiger partial charge in [-0.15, -0.1) is 10.2 Å². The molecule has 1 aromatic carbocycles. The molecule has 2 aromatic rings. The maximum atomic E-state index is 12.5. The first-order chi connectivity index (χ1) is 13.1. The van der Waals surface area contributed by atoms with Gasteiger partial charge in [-0.2, -0.15) is 0 Å². The van der Waals surface area contributed by atoms with E-state index in [1.54, 1.807) is 19.1 Å². The number of thioether (sulfide) groups is 1. The van der Waals surface area contributed by atoms with Gasteiger partial charge in [0.15, 0.2) is 15.8 Å². The second-order valence-electron chi connectivity index (χ2n) is 5.12. The number of anilines is 1. The van der Waals surface area contributed by atoms with Crippen molar-refractivity contribution in [2.24, 2.45) is 0 Å². The molecule has 0 atom stereocenters. The number of nitrogens with zero attached hydrogens (tertiary/aromatic N) is 2. The lowest BCUT2D eigenvalue weighted by atomic mass is 10.1. The molecular formula is C16H17N3O6S2. The van der Waals surface area contributed by atoms with E-state index in [1.807, 2.05) is 0 Å². The van der Waals surface area contributed by atoms with Gasteiger partial charge in [-0.1, -0.05) is 23.1 Å². The van der Waals surface area contributed by atoms with Crippen LogP contribution in [0.2, 0.25) is 0 Å². The van der Waals surface area contributed by atoms with Crippen molar-refractivity contribution in [3.05, 3.63) is 17.7 Å². The number of hydrogen-bond acceptors (Lipinski definition) is 10. The first-order valence-electron chi connectivity index (χ1n) is 8.01. The minimum Gasteiger partial charge on any atom is -0.493 e. The molecule has 1 amide bonds. The Morgan fingerprint density at radius 1 is 1.30 bits per heavy atom. The van der Waals surface area contributed by atoms with E-state index < -0.39 is 0 Å². The van der Waals surface area contributed by atoms with E-state index in [-0.39, 0.29) is 17.6 Å². The van der Waals surface area contributed by atoms with Crippen molar-refractivity contribution in [2.75, 3.05) is 38.0 Å². The molecule has 27 heavy (non-hydrogen) atoms. The topological polar surface area (TPSA) is 109 Å². The van der Waals surface area contributed by atoms with E-state index in [0.717, 1.165) is 0 Å². The van der Waals surface area contributed by atoms with Crippen molar-refractivity contribution in [1.82, 2.24) is 10.2 Å². The number of rotatable bonds is 7.